The van der Waals surface area contributed by atoms with Gasteiger partial charge in [-0.25, -0.2) is 0 Å². The van der Waals surface area contributed by atoms with Gasteiger partial charge in [-0.2, -0.15) is 11.3 Å². The van der Waals surface area contributed by atoms with Gasteiger partial charge in [0.25, 0.3) is 0 Å². The summed E-state index contributed by atoms with van der Waals surface area (Å²) in [4.78, 5) is 17.4. The van der Waals surface area contributed by atoms with Gasteiger partial charge < -0.3 is 14.5 Å². The largest absolute Gasteiger partial charge is 0.381 e. The van der Waals surface area contributed by atoms with Crippen LogP contribution in [-0.2, 0) is 16.0 Å². The summed E-state index contributed by atoms with van der Waals surface area (Å²) in [6, 6.07) is 2.47. The summed E-state index contributed by atoms with van der Waals surface area (Å²) in [6.07, 6.45) is 3.83. The Hall–Kier alpha value is -0.910. The third-order valence-corrected chi connectivity index (χ3v) is 5.60. The molecule has 22 heavy (non-hydrogen) atoms. The molecule has 0 bridgehead atoms. The van der Waals surface area contributed by atoms with Gasteiger partial charge in [0, 0.05) is 25.1 Å². The van der Waals surface area contributed by atoms with Crippen LogP contribution in [0.5, 0.6) is 0 Å². The minimum absolute atomic E-state index is 0.292. The Balaban J connectivity index is 1.65. The summed E-state index contributed by atoms with van der Waals surface area (Å²) in [7, 11) is 2.17. The zero-order chi connectivity index (χ0) is 15.4. The first-order valence-corrected chi connectivity index (χ1v) is 9.23. The van der Waals surface area contributed by atoms with Crippen LogP contribution < -0.4 is 0 Å². The van der Waals surface area contributed by atoms with Gasteiger partial charge in [-0.1, -0.05) is 0 Å². The first-order chi connectivity index (χ1) is 10.7. The molecule has 0 aromatic carbocycles. The molecule has 4 nitrogen and oxygen atoms in total. The number of hydrogen-bond acceptors (Lipinski definition) is 4. The predicted octanol–water partition coefficient (Wildman–Crippen LogP) is 2.25. The van der Waals surface area contributed by atoms with E-state index >= 15 is 0 Å². The van der Waals surface area contributed by atoms with E-state index in [1.165, 1.54) is 0 Å². The van der Waals surface area contributed by atoms with Crippen LogP contribution in [0, 0.1) is 5.92 Å². The maximum atomic E-state index is 12.9. The number of nitrogens with zero attached hydrogens (tertiary/aromatic N) is 2. The van der Waals surface area contributed by atoms with Crippen LogP contribution in [0.3, 0.4) is 0 Å². The Morgan fingerprint density at radius 3 is 2.86 bits per heavy atom. The summed E-state index contributed by atoms with van der Waals surface area (Å²) in [6.45, 7) is 4.72. The highest BCUT2D eigenvalue weighted by Gasteiger charge is 2.30. The molecule has 1 aromatic heterocycles. The van der Waals surface area contributed by atoms with Gasteiger partial charge in [-0.05, 0) is 61.8 Å². The van der Waals surface area contributed by atoms with Gasteiger partial charge in [-0.15, -0.1) is 0 Å². The maximum Gasteiger partial charge on any atom is 0.227 e. The SMILES string of the molecule is CN1CCC(N(CC2CCOC2)C(=O)Cc2ccsc2)CC1. The van der Waals surface area contributed by atoms with Crippen molar-refractivity contribution in [1.82, 2.24) is 9.80 Å². The van der Waals surface area contributed by atoms with Crippen molar-refractivity contribution in [2.24, 2.45) is 5.92 Å². The molecule has 0 spiro atoms. The number of rotatable bonds is 5. The highest BCUT2D eigenvalue weighted by molar-refractivity contribution is 7.07. The van der Waals surface area contributed by atoms with E-state index in [4.69, 9.17) is 4.74 Å². The predicted molar refractivity (Wildman–Crippen MR) is 89.2 cm³/mol. The third kappa shape index (κ3) is 4.09. The Labute approximate surface area is 137 Å². The van der Waals surface area contributed by atoms with Crippen molar-refractivity contribution in [3.8, 4) is 0 Å². The van der Waals surface area contributed by atoms with Crippen molar-refractivity contribution in [2.45, 2.75) is 31.7 Å². The monoisotopic (exact) mass is 322 g/mol. The summed E-state index contributed by atoms with van der Waals surface area (Å²) in [5.41, 5.74) is 1.15. The zero-order valence-corrected chi connectivity index (χ0v) is 14.2. The van der Waals surface area contributed by atoms with Crippen LogP contribution in [-0.4, -0.2) is 61.6 Å². The second kappa shape index (κ2) is 7.57. The number of carbonyl (C=O) groups excluding carboxylic acids is 1. The molecule has 2 aliphatic heterocycles. The molecule has 2 saturated heterocycles. The van der Waals surface area contributed by atoms with E-state index in [1.54, 1.807) is 11.3 Å². The van der Waals surface area contributed by atoms with E-state index in [1.807, 2.05) is 5.38 Å². The molecular formula is C17H26N2O2S. The molecule has 3 rings (SSSR count). The fourth-order valence-corrected chi connectivity index (χ4v) is 4.10. The van der Waals surface area contributed by atoms with Crippen LogP contribution in [0.25, 0.3) is 0 Å². The van der Waals surface area contributed by atoms with Crippen LogP contribution in [0.15, 0.2) is 16.8 Å². The van der Waals surface area contributed by atoms with E-state index in [9.17, 15) is 4.79 Å². The zero-order valence-electron chi connectivity index (χ0n) is 13.4. The van der Waals surface area contributed by atoms with Gasteiger partial charge in [0.1, 0.15) is 0 Å². The van der Waals surface area contributed by atoms with Gasteiger partial charge in [-0.3, -0.25) is 4.79 Å². The fourth-order valence-electron chi connectivity index (χ4n) is 3.44. The van der Waals surface area contributed by atoms with Gasteiger partial charge in [0.05, 0.1) is 13.0 Å². The smallest absolute Gasteiger partial charge is 0.227 e. The van der Waals surface area contributed by atoms with Crippen LogP contribution >= 0.6 is 11.3 Å². The molecule has 0 radical (unpaired) electrons. The van der Waals surface area contributed by atoms with Crippen molar-refractivity contribution in [1.29, 1.82) is 0 Å². The molecule has 2 aliphatic rings. The molecule has 0 N–H and O–H groups in total. The molecule has 1 atom stereocenters. The molecule has 0 saturated carbocycles. The van der Waals surface area contributed by atoms with Crippen molar-refractivity contribution in [3.63, 3.8) is 0 Å². The average molecular weight is 322 g/mol. The molecule has 5 heteroatoms. The lowest BCUT2D eigenvalue weighted by atomic mass is 9.99. The number of carbonyl (C=O) groups is 1. The fraction of sp³-hybridized carbons (Fsp3) is 0.706. The van der Waals surface area contributed by atoms with Crippen LogP contribution in [0.1, 0.15) is 24.8 Å². The van der Waals surface area contributed by atoms with E-state index in [-0.39, 0.29) is 0 Å². The van der Waals surface area contributed by atoms with Gasteiger partial charge in [0.2, 0.25) is 5.91 Å². The molecule has 1 amide bonds. The Kier molecular flexibility index (Phi) is 5.50. The lowest BCUT2D eigenvalue weighted by molar-refractivity contribution is -0.134. The first-order valence-electron chi connectivity index (χ1n) is 8.29. The normalized spacial score (nSPS) is 23.8. The van der Waals surface area contributed by atoms with Crippen molar-refractivity contribution in [2.75, 3.05) is 39.9 Å². The number of piperidine rings is 1. The Morgan fingerprint density at radius 2 is 2.23 bits per heavy atom. The second-order valence-electron chi connectivity index (χ2n) is 6.62. The topological polar surface area (TPSA) is 32.8 Å². The molecular weight excluding hydrogens is 296 g/mol. The lowest BCUT2D eigenvalue weighted by Crippen LogP contribution is -2.48. The minimum atomic E-state index is 0.292. The quantitative estimate of drug-likeness (QED) is 0.833. The average Bonchev–Trinajstić information content (AvgIpc) is 3.19. The number of thiophene rings is 1. The Bertz CT molecular complexity index is 463. The van der Waals surface area contributed by atoms with Crippen molar-refractivity contribution < 1.29 is 9.53 Å². The van der Waals surface area contributed by atoms with Crippen molar-refractivity contribution in [3.05, 3.63) is 22.4 Å². The lowest BCUT2D eigenvalue weighted by Gasteiger charge is -2.38. The summed E-state index contributed by atoms with van der Waals surface area (Å²) in [5, 5.41) is 4.14. The number of likely N-dealkylation sites (tertiary alicyclic amines) is 1. The van der Waals surface area contributed by atoms with Crippen LogP contribution in [0.4, 0.5) is 0 Å². The molecule has 2 fully saturated rings. The molecule has 122 valence electrons. The molecule has 1 aromatic rings. The van der Waals surface area contributed by atoms with E-state index < -0.39 is 0 Å². The van der Waals surface area contributed by atoms with E-state index in [0.717, 1.165) is 57.7 Å². The second-order valence-corrected chi connectivity index (χ2v) is 7.40. The number of hydrogen-bond donors (Lipinski definition) is 0. The highest BCUT2D eigenvalue weighted by atomic mass is 32.1. The molecule has 0 aliphatic carbocycles. The molecule has 1 unspecified atom stereocenters. The maximum absolute atomic E-state index is 12.9. The van der Waals surface area contributed by atoms with Crippen molar-refractivity contribution >= 4 is 17.2 Å². The van der Waals surface area contributed by atoms with Gasteiger partial charge in [0.15, 0.2) is 0 Å². The standard InChI is InChI=1S/C17H26N2O2S/c1-18-6-2-16(3-7-18)19(11-15-4-8-21-12-15)17(20)10-14-5-9-22-13-14/h5,9,13,15-16H,2-4,6-8,10-12H2,1H3. The summed E-state index contributed by atoms with van der Waals surface area (Å²) >= 11 is 1.66. The number of amides is 1. The first kappa shape index (κ1) is 16.0. The third-order valence-electron chi connectivity index (χ3n) is 4.86. The number of ether oxygens (including phenoxy) is 1. The van der Waals surface area contributed by atoms with Crippen LogP contribution in [0.2, 0.25) is 0 Å². The summed E-state index contributed by atoms with van der Waals surface area (Å²) < 4.78 is 5.50. The van der Waals surface area contributed by atoms with E-state index in [0.29, 0.717) is 24.3 Å². The van der Waals surface area contributed by atoms with Gasteiger partial charge >= 0.3 is 0 Å². The summed E-state index contributed by atoms with van der Waals surface area (Å²) in [5.74, 6) is 0.811. The minimum Gasteiger partial charge on any atom is -0.381 e. The highest BCUT2D eigenvalue weighted by Crippen LogP contribution is 2.22. The Morgan fingerprint density at radius 1 is 1.41 bits per heavy atom. The molecule has 3 heterocycles. The van der Waals surface area contributed by atoms with E-state index in [2.05, 4.69) is 28.3 Å².